The number of fused-ring (bicyclic) bond motifs is 1. The number of aromatic amines is 1. The Morgan fingerprint density at radius 3 is 2.73 bits per heavy atom. The molecule has 2 aromatic rings. The minimum absolute atomic E-state index is 0.0627. The zero-order valence-corrected chi connectivity index (χ0v) is 7.59. The van der Waals surface area contributed by atoms with Gasteiger partial charge in [-0.1, -0.05) is 0 Å². The molecule has 7 heteroatoms. The Labute approximate surface area is 81.3 Å². The molecule has 0 amide bonds. The summed E-state index contributed by atoms with van der Waals surface area (Å²) in [6, 6.07) is 0.793. The summed E-state index contributed by atoms with van der Waals surface area (Å²) in [5.41, 5.74) is -1.30. The van der Waals surface area contributed by atoms with Crippen LogP contribution >= 0.6 is 0 Å². The predicted molar refractivity (Wildman–Crippen MR) is 46.3 cm³/mol. The van der Waals surface area contributed by atoms with Gasteiger partial charge in [-0.15, -0.1) is 0 Å². The van der Waals surface area contributed by atoms with Crippen molar-refractivity contribution in [1.29, 1.82) is 0 Å². The van der Waals surface area contributed by atoms with Gasteiger partial charge in [-0.2, -0.15) is 13.2 Å². The van der Waals surface area contributed by atoms with Crippen LogP contribution in [-0.4, -0.2) is 14.8 Å². The van der Waals surface area contributed by atoms with Crippen LogP contribution in [0.2, 0.25) is 0 Å². The maximum Gasteiger partial charge on any atom is 0.417 e. The van der Waals surface area contributed by atoms with Gasteiger partial charge in [0.1, 0.15) is 0 Å². The van der Waals surface area contributed by atoms with Gasteiger partial charge >= 0.3 is 6.18 Å². The van der Waals surface area contributed by atoms with Gasteiger partial charge in [-0.25, -0.2) is 4.98 Å². The summed E-state index contributed by atoms with van der Waals surface area (Å²) in [4.78, 5) is 14.8. The number of nitrogens with zero attached hydrogens (tertiary/aromatic N) is 2. The van der Waals surface area contributed by atoms with Crippen molar-refractivity contribution in [3.8, 4) is 0 Å². The normalized spacial score (nSPS) is 12.3. The van der Waals surface area contributed by atoms with Gasteiger partial charge < -0.3 is 0 Å². The maximum absolute atomic E-state index is 12.3. The molecule has 80 valence electrons. The van der Waals surface area contributed by atoms with Crippen molar-refractivity contribution in [2.75, 3.05) is 0 Å². The molecule has 0 aromatic carbocycles. The average molecular weight is 217 g/mol. The summed E-state index contributed by atoms with van der Waals surface area (Å²) in [7, 11) is 1.50. The number of rotatable bonds is 0. The average Bonchev–Trinajstić information content (AvgIpc) is 2.41. The molecule has 2 rings (SSSR count). The van der Waals surface area contributed by atoms with Gasteiger partial charge in [-0.05, 0) is 6.07 Å². The molecule has 0 aliphatic carbocycles. The minimum Gasteiger partial charge on any atom is -0.271 e. The highest BCUT2D eigenvalue weighted by Gasteiger charge is 2.31. The summed E-state index contributed by atoms with van der Waals surface area (Å²) >= 11 is 0. The van der Waals surface area contributed by atoms with Crippen LogP contribution in [0.5, 0.6) is 0 Å². The Kier molecular flexibility index (Phi) is 1.85. The molecule has 15 heavy (non-hydrogen) atoms. The molecule has 0 fully saturated rings. The number of aryl methyl sites for hydroxylation is 1. The summed E-state index contributed by atoms with van der Waals surface area (Å²) in [6.45, 7) is 0. The van der Waals surface area contributed by atoms with E-state index >= 15 is 0 Å². The second kappa shape index (κ2) is 2.85. The topological polar surface area (TPSA) is 50.7 Å². The van der Waals surface area contributed by atoms with Crippen molar-refractivity contribution in [3.63, 3.8) is 0 Å². The van der Waals surface area contributed by atoms with Crippen molar-refractivity contribution in [3.05, 3.63) is 28.2 Å². The zero-order chi connectivity index (χ0) is 11.2. The van der Waals surface area contributed by atoms with Crippen molar-refractivity contribution in [2.45, 2.75) is 6.18 Å². The van der Waals surface area contributed by atoms with Crippen LogP contribution in [0.1, 0.15) is 5.56 Å². The van der Waals surface area contributed by atoms with Crippen molar-refractivity contribution in [2.24, 2.45) is 7.05 Å². The van der Waals surface area contributed by atoms with Crippen molar-refractivity contribution < 1.29 is 13.2 Å². The Bertz CT molecular complexity index is 566. The second-order valence-electron chi connectivity index (χ2n) is 3.09. The summed E-state index contributed by atoms with van der Waals surface area (Å²) in [5, 5.41) is 2.26. The van der Waals surface area contributed by atoms with E-state index in [4.69, 9.17) is 0 Å². The van der Waals surface area contributed by atoms with Gasteiger partial charge in [0.05, 0.1) is 10.9 Å². The molecule has 0 unspecified atom stereocenters. The second-order valence-corrected chi connectivity index (χ2v) is 3.09. The van der Waals surface area contributed by atoms with Gasteiger partial charge in [-0.3, -0.25) is 14.6 Å². The minimum atomic E-state index is -4.48. The number of aromatic nitrogens is 3. The number of nitrogens with one attached hydrogen (secondary N) is 1. The van der Waals surface area contributed by atoms with Gasteiger partial charge in [0, 0.05) is 13.2 Å². The van der Waals surface area contributed by atoms with Crippen molar-refractivity contribution >= 4 is 11.0 Å². The van der Waals surface area contributed by atoms with Gasteiger partial charge in [0.25, 0.3) is 5.56 Å². The molecule has 0 aliphatic heterocycles. The van der Waals surface area contributed by atoms with E-state index in [0.29, 0.717) is 6.20 Å². The highest BCUT2D eigenvalue weighted by Crippen LogP contribution is 2.29. The van der Waals surface area contributed by atoms with Crippen LogP contribution in [0.25, 0.3) is 11.0 Å². The van der Waals surface area contributed by atoms with Crippen molar-refractivity contribution in [1.82, 2.24) is 14.8 Å². The van der Waals surface area contributed by atoms with Crippen LogP contribution in [0.15, 0.2) is 17.1 Å². The number of pyridine rings is 1. The third-order valence-corrected chi connectivity index (χ3v) is 2.03. The van der Waals surface area contributed by atoms with E-state index in [2.05, 4.69) is 10.1 Å². The quantitative estimate of drug-likeness (QED) is 0.722. The molecule has 0 aliphatic rings. The molecule has 4 nitrogen and oxygen atoms in total. The molecule has 0 radical (unpaired) electrons. The number of H-pyrrole nitrogens is 1. The molecule has 2 aromatic heterocycles. The van der Waals surface area contributed by atoms with Crippen LogP contribution in [0.4, 0.5) is 13.2 Å². The molecule has 0 atom stereocenters. The van der Waals surface area contributed by atoms with E-state index in [1.807, 2.05) is 0 Å². The SMILES string of the molecule is Cn1[nH]c(=O)c2cc(C(F)(F)F)cnc21. The molecule has 0 saturated heterocycles. The van der Waals surface area contributed by atoms with E-state index in [-0.39, 0.29) is 11.0 Å². The van der Waals surface area contributed by atoms with Gasteiger partial charge in [0.15, 0.2) is 5.65 Å². The van der Waals surface area contributed by atoms with E-state index in [9.17, 15) is 18.0 Å². The molecule has 0 spiro atoms. The van der Waals surface area contributed by atoms with E-state index in [1.54, 1.807) is 0 Å². The number of hydrogen-bond acceptors (Lipinski definition) is 2. The highest BCUT2D eigenvalue weighted by molar-refractivity contribution is 5.74. The predicted octanol–water partition coefficient (Wildman–Crippen LogP) is 1.28. The number of halogens is 3. The largest absolute Gasteiger partial charge is 0.417 e. The van der Waals surface area contributed by atoms with Gasteiger partial charge in [0.2, 0.25) is 0 Å². The fourth-order valence-electron chi connectivity index (χ4n) is 1.31. The third-order valence-electron chi connectivity index (χ3n) is 2.03. The van der Waals surface area contributed by atoms with Crippen LogP contribution < -0.4 is 5.56 Å². The number of alkyl halides is 3. The Hall–Kier alpha value is -1.79. The summed E-state index contributed by atoms with van der Waals surface area (Å²) < 4.78 is 38.2. The van der Waals surface area contributed by atoms with E-state index in [0.717, 1.165) is 6.07 Å². The molecular formula is C8H6F3N3O. The molecule has 0 bridgehead atoms. The van der Waals surface area contributed by atoms with Crippen LogP contribution in [0, 0.1) is 0 Å². The molecule has 2 heterocycles. The fraction of sp³-hybridized carbons (Fsp3) is 0.250. The third kappa shape index (κ3) is 1.49. The highest BCUT2D eigenvalue weighted by atomic mass is 19.4. The number of hydrogen-bond donors (Lipinski definition) is 1. The lowest BCUT2D eigenvalue weighted by atomic mass is 10.2. The first-order valence-electron chi connectivity index (χ1n) is 4.01. The van der Waals surface area contributed by atoms with Crippen LogP contribution in [-0.2, 0) is 13.2 Å². The maximum atomic E-state index is 12.3. The van der Waals surface area contributed by atoms with E-state index < -0.39 is 17.3 Å². The lowest BCUT2D eigenvalue weighted by Crippen LogP contribution is -2.06. The molecule has 1 N–H and O–H groups in total. The Balaban J connectivity index is 2.77. The monoisotopic (exact) mass is 217 g/mol. The molecule has 0 saturated carbocycles. The summed E-state index contributed by atoms with van der Waals surface area (Å²) in [5.74, 6) is 0. The zero-order valence-electron chi connectivity index (χ0n) is 7.59. The lowest BCUT2D eigenvalue weighted by Gasteiger charge is -2.04. The lowest BCUT2D eigenvalue weighted by molar-refractivity contribution is -0.137. The fourth-order valence-corrected chi connectivity index (χ4v) is 1.31. The van der Waals surface area contributed by atoms with Crippen LogP contribution in [0.3, 0.4) is 0 Å². The first kappa shape index (κ1) is 9.75. The van der Waals surface area contributed by atoms with E-state index in [1.165, 1.54) is 11.7 Å². The summed E-state index contributed by atoms with van der Waals surface area (Å²) in [6.07, 6.45) is -3.78. The smallest absolute Gasteiger partial charge is 0.271 e. The Morgan fingerprint density at radius 2 is 2.13 bits per heavy atom. The first-order valence-corrected chi connectivity index (χ1v) is 4.01. The first-order chi connectivity index (χ1) is 6.89. The standard InChI is InChI=1S/C8H6F3N3O/c1-14-6-5(7(15)13-14)2-4(3-12-6)8(9,10)11/h2-3H,1H3,(H,13,15). The Morgan fingerprint density at radius 1 is 1.47 bits per heavy atom. The molecular weight excluding hydrogens is 211 g/mol.